The summed E-state index contributed by atoms with van der Waals surface area (Å²) in [6, 6.07) is 11.7. The Bertz CT molecular complexity index is 999. The monoisotopic (exact) mass is 526 g/mol. The zero-order chi connectivity index (χ0) is 26.2. The minimum Gasteiger partial charge on any atom is -0.382 e. The molecule has 2 aromatic rings. The van der Waals surface area contributed by atoms with Gasteiger partial charge in [-0.1, -0.05) is 6.07 Å². The summed E-state index contributed by atoms with van der Waals surface area (Å²) in [5, 5.41) is 0. The smallest absolute Gasteiger partial charge is 0.130 e. The Hall–Kier alpha value is -2.42. The number of hydrogen-bond donors (Lipinski definition) is 0. The summed E-state index contributed by atoms with van der Waals surface area (Å²) in [6.07, 6.45) is 8.23. The lowest BCUT2D eigenvalue weighted by molar-refractivity contribution is 0.0262. The fraction of sp³-hybridized carbons (Fsp3) is 0.633. The number of halogens is 1. The number of aromatic nitrogens is 1. The van der Waals surface area contributed by atoms with Crippen LogP contribution in [0.25, 0.3) is 0 Å². The lowest BCUT2D eigenvalue weighted by Gasteiger charge is -2.41. The van der Waals surface area contributed by atoms with Crippen LogP contribution in [-0.4, -0.2) is 83.9 Å². The van der Waals surface area contributed by atoms with E-state index in [9.17, 15) is 4.39 Å². The molecule has 0 spiro atoms. The van der Waals surface area contributed by atoms with E-state index in [0.29, 0.717) is 33.0 Å². The zero-order valence-electron chi connectivity index (χ0n) is 22.8. The predicted molar refractivity (Wildman–Crippen MR) is 150 cm³/mol. The van der Waals surface area contributed by atoms with Crippen LogP contribution in [0, 0.1) is 17.7 Å². The number of methoxy groups -OCH3 is 1. The summed E-state index contributed by atoms with van der Waals surface area (Å²) in [4.78, 5) is 12.1. The highest BCUT2D eigenvalue weighted by atomic mass is 19.1. The number of benzene rings is 1. The van der Waals surface area contributed by atoms with Crippen LogP contribution in [0.5, 0.6) is 0 Å². The minimum absolute atomic E-state index is 0.188. The lowest BCUT2D eigenvalue weighted by Crippen LogP contribution is -2.49. The molecule has 0 N–H and O–H groups in total. The summed E-state index contributed by atoms with van der Waals surface area (Å²) in [7, 11) is 1.67. The van der Waals surface area contributed by atoms with Gasteiger partial charge in [-0.05, 0) is 68.2 Å². The standard InChI is InChI=1S/C30H43FN4O3/c1-36-14-15-38-17-16-37-13-12-35(29-6-3-11-33(23-29)27-5-2-4-26(31)19-27)30-20-28(9-10-32-30)34-21-24-7-8-25(18-24)22-34/h2,4-5,9-10,19-20,24-25,29H,3,6-8,11-18,21-23H2,1H3/t24?,25?,29-/m1/s1. The second-order valence-corrected chi connectivity index (χ2v) is 11.0. The Morgan fingerprint density at radius 1 is 0.895 bits per heavy atom. The molecule has 0 radical (unpaired) electrons. The number of anilines is 3. The van der Waals surface area contributed by atoms with Gasteiger partial charge >= 0.3 is 0 Å². The van der Waals surface area contributed by atoms with Gasteiger partial charge in [0.1, 0.15) is 11.6 Å². The van der Waals surface area contributed by atoms with Crippen LogP contribution >= 0.6 is 0 Å². The summed E-state index contributed by atoms with van der Waals surface area (Å²) < 4.78 is 30.5. The quantitative estimate of drug-likeness (QED) is 0.353. The van der Waals surface area contributed by atoms with Gasteiger partial charge in [0.05, 0.1) is 33.0 Å². The first kappa shape index (κ1) is 27.2. The molecule has 3 atom stereocenters. The Kier molecular flexibility index (Phi) is 9.71. The number of pyridine rings is 1. The molecule has 3 heterocycles. The van der Waals surface area contributed by atoms with Crippen molar-refractivity contribution in [3.63, 3.8) is 0 Å². The van der Waals surface area contributed by atoms with Gasteiger partial charge in [-0.25, -0.2) is 9.37 Å². The van der Waals surface area contributed by atoms with E-state index >= 15 is 0 Å². The number of piperidine rings is 2. The topological polar surface area (TPSA) is 50.3 Å². The fourth-order valence-corrected chi connectivity index (χ4v) is 6.41. The second kappa shape index (κ2) is 13.6. The minimum atomic E-state index is -0.188. The highest BCUT2D eigenvalue weighted by Crippen LogP contribution is 2.38. The first-order valence-corrected chi connectivity index (χ1v) is 14.3. The normalized spacial score (nSPS) is 23.2. The average Bonchev–Trinajstić information content (AvgIpc) is 3.29. The number of hydrogen-bond acceptors (Lipinski definition) is 7. The van der Waals surface area contributed by atoms with E-state index in [0.717, 1.165) is 68.9 Å². The van der Waals surface area contributed by atoms with E-state index in [1.54, 1.807) is 19.2 Å². The molecule has 5 rings (SSSR count). The molecule has 7 nitrogen and oxygen atoms in total. The van der Waals surface area contributed by atoms with Crippen molar-refractivity contribution in [2.24, 2.45) is 11.8 Å². The van der Waals surface area contributed by atoms with Crippen LogP contribution in [0.4, 0.5) is 21.6 Å². The van der Waals surface area contributed by atoms with Crippen LogP contribution < -0.4 is 14.7 Å². The van der Waals surface area contributed by atoms with Crippen molar-refractivity contribution in [3.8, 4) is 0 Å². The van der Waals surface area contributed by atoms with Crippen molar-refractivity contribution in [2.75, 3.05) is 87.6 Å². The number of fused-ring (bicyclic) bond motifs is 2. The van der Waals surface area contributed by atoms with E-state index in [4.69, 9.17) is 19.2 Å². The molecule has 1 aliphatic carbocycles. The first-order chi connectivity index (χ1) is 18.7. The van der Waals surface area contributed by atoms with Gasteiger partial charge in [0, 0.05) is 69.5 Å². The highest BCUT2D eigenvalue weighted by Gasteiger charge is 2.33. The van der Waals surface area contributed by atoms with E-state index in [1.165, 1.54) is 31.0 Å². The molecule has 208 valence electrons. The van der Waals surface area contributed by atoms with Crippen LogP contribution in [0.2, 0.25) is 0 Å². The number of ether oxygens (including phenoxy) is 3. The van der Waals surface area contributed by atoms with Gasteiger partial charge < -0.3 is 28.9 Å². The van der Waals surface area contributed by atoms with Crippen molar-refractivity contribution in [1.29, 1.82) is 0 Å². The summed E-state index contributed by atoms with van der Waals surface area (Å²) in [5.74, 6) is 2.48. The fourth-order valence-electron chi connectivity index (χ4n) is 6.41. The molecule has 2 aliphatic heterocycles. The summed E-state index contributed by atoms with van der Waals surface area (Å²) >= 11 is 0. The van der Waals surface area contributed by atoms with Crippen molar-refractivity contribution >= 4 is 17.2 Å². The van der Waals surface area contributed by atoms with Gasteiger partial charge in [0.2, 0.25) is 0 Å². The van der Waals surface area contributed by atoms with Crippen LogP contribution in [0.1, 0.15) is 32.1 Å². The maximum absolute atomic E-state index is 14.0. The molecule has 2 saturated heterocycles. The van der Waals surface area contributed by atoms with Gasteiger partial charge in [-0.15, -0.1) is 0 Å². The third-order valence-corrected chi connectivity index (χ3v) is 8.29. The van der Waals surface area contributed by atoms with Crippen LogP contribution in [-0.2, 0) is 14.2 Å². The average molecular weight is 527 g/mol. The Labute approximate surface area is 226 Å². The van der Waals surface area contributed by atoms with Crippen molar-refractivity contribution in [3.05, 3.63) is 48.4 Å². The summed E-state index contributed by atoms with van der Waals surface area (Å²) in [6.45, 7) is 7.73. The van der Waals surface area contributed by atoms with Crippen LogP contribution in [0.3, 0.4) is 0 Å². The number of nitrogens with zero attached hydrogens (tertiary/aromatic N) is 4. The second-order valence-electron chi connectivity index (χ2n) is 11.0. The SMILES string of the molecule is COCCOCCOCCN(c1cc(N2CC3CCC(C3)C2)ccn1)[C@@H]1CCCN(c2cccc(F)c2)C1. The maximum Gasteiger partial charge on any atom is 0.130 e. The molecule has 38 heavy (non-hydrogen) atoms. The largest absolute Gasteiger partial charge is 0.382 e. The number of rotatable bonds is 13. The van der Waals surface area contributed by atoms with E-state index in [2.05, 4.69) is 26.8 Å². The van der Waals surface area contributed by atoms with Crippen molar-refractivity contribution in [2.45, 2.75) is 38.1 Å². The van der Waals surface area contributed by atoms with Gasteiger partial charge in [-0.2, -0.15) is 0 Å². The molecule has 2 bridgehead atoms. The molecule has 0 amide bonds. The lowest BCUT2D eigenvalue weighted by atomic mass is 9.98. The molecule has 1 aromatic heterocycles. The molecular weight excluding hydrogens is 483 g/mol. The molecule has 2 unspecified atom stereocenters. The molecule has 1 saturated carbocycles. The third-order valence-electron chi connectivity index (χ3n) is 8.29. The first-order valence-electron chi connectivity index (χ1n) is 14.3. The Morgan fingerprint density at radius 3 is 2.45 bits per heavy atom. The molecular formula is C30H43FN4O3. The predicted octanol–water partition coefficient (Wildman–Crippen LogP) is 4.61. The van der Waals surface area contributed by atoms with Gasteiger partial charge in [0.25, 0.3) is 0 Å². The van der Waals surface area contributed by atoms with Gasteiger partial charge in [-0.3, -0.25) is 0 Å². The van der Waals surface area contributed by atoms with Gasteiger partial charge in [0.15, 0.2) is 0 Å². The van der Waals surface area contributed by atoms with Crippen LogP contribution in [0.15, 0.2) is 42.6 Å². The van der Waals surface area contributed by atoms with E-state index in [-0.39, 0.29) is 11.9 Å². The zero-order valence-corrected chi connectivity index (χ0v) is 22.8. The Morgan fingerprint density at radius 2 is 1.66 bits per heavy atom. The van der Waals surface area contributed by atoms with Crippen molar-refractivity contribution < 1.29 is 18.6 Å². The van der Waals surface area contributed by atoms with E-state index in [1.807, 2.05) is 12.3 Å². The van der Waals surface area contributed by atoms with E-state index < -0.39 is 0 Å². The molecule has 3 aliphatic rings. The maximum atomic E-state index is 14.0. The molecule has 1 aromatic carbocycles. The van der Waals surface area contributed by atoms with Crippen molar-refractivity contribution in [1.82, 2.24) is 4.98 Å². The third kappa shape index (κ3) is 7.16. The highest BCUT2D eigenvalue weighted by molar-refractivity contribution is 5.57. The molecule has 8 heteroatoms. The Balaban J connectivity index is 1.27. The molecule has 3 fully saturated rings. The summed E-state index contributed by atoms with van der Waals surface area (Å²) in [5.41, 5.74) is 2.23.